The van der Waals surface area contributed by atoms with Crippen LogP contribution in [0.1, 0.15) is 98.9 Å². The van der Waals surface area contributed by atoms with Crippen LogP contribution < -0.4 is 4.74 Å². The Hall–Kier alpha value is -2.11. The van der Waals surface area contributed by atoms with E-state index in [4.69, 9.17) is 4.74 Å². The third-order valence-corrected chi connectivity index (χ3v) is 9.44. The van der Waals surface area contributed by atoms with Crippen LogP contribution in [-0.4, -0.2) is 40.6 Å². The van der Waals surface area contributed by atoms with Gasteiger partial charge in [0.05, 0.1) is 12.2 Å². The number of amides is 1. The van der Waals surface area contributed by atoms with Gasteiger partial charge in [-0.15, -0.1) is 0 Å². The standard InChI is InChI=1S/C28H36FNO4/c29-24-13-25(34-8-2-5-19-10-17-3-1-4-18(9-17)11-19)22(21-6-7-21)12-23(24)26(31)30-16-20-14-28(30,15-20)27(32)33/h12-13,17-21H,1-11,14-16H2,(H,32,33). The Labute approximate surface area is 201 Å². The molecule has 4 bridgehead atoms. The van der Waals surface area contributed by atoms with E-state index in [1.165, 1.54) is 55.9 Å². The number of halogens is 1. The topological polar surface area (TPSA) is 66.8 Å². The summed E-state index contributed by atoms with van der Waals surface area (Å²) in [4.78, 5) is 26.5. The zero-order valence-electron chi connectivity index (χ0n) is 19.9. The summed E-state index contributed by atoms with van der Waals surface area (Å²) >= 11 is 0. The molecular formula is C28H36FNO4. The molecule has 1 N–H and O–H groups in total. The van der Waals surface area contributed by atoms with E-state index in [1.807, 2.05) is 0 Å². The Bertz CT molecular complexity index is 971. The van der Waals surface area contributed by atoms with Crippen LogP contribution in [0.25, 0.3) is 0 Å². The van der Waals surface area contributed by atoms with Gasteiger partial charge < -0.3 is 14.7 Å². The van der Waals surface area contributed by atoms with Crippen molar-refractivity contribution in [2.45, 2.75) is 88.5 Å². The van der Waals surface area contributed by atoms with Crippen molar-refractivity contribution in [2.75, 3.05) is 13.2 Å². The van der Waals surface area contributed by atoms with Crippen molar-refractivity contribution in [1.82, 2.24) is 4.90 Å². The normalized spacial score (nSPS) is 34.0. The van der Waals surface area contributed by atoms with Crippen LogP contribution in [0.4, 0.5) is 4.39 Å². The second kappa shape index (κ2) is 8.53. The number of hydrogen-bond acceptors (Lipinski definition) is 3. The number of carbonyl (C=O) groups excluding carboxylic acids is 1. The third kappa shape index (κ3) is 3.91. The predicted octanol–water partition coefficient (Wildman–Crippen LogP) is 5.77. The highest BCUT2D eigenvalue weighted by molar-refractivity contribution is 5.99. The van der Waals surface area contributed by atoms with E-state index in [0.717, 1.165) is 42.6 Å². The second-order valence-electron chi connectivity index (χ2n) is 11.9. The number of carbonyl (C=O) groups is 2. The van der Waals surface area contributed by atoms with Gasteiger partial charge in [-0.25, -0.2) is 9.18 Å². The van der Waals surface area contributed by atoms with Gasteiger partial charge in [0.1, 0.15) is 17.1 Å². The van der Waals surface area contributed by atoms with Gasteiger partial charge in [0.2, 0.25) is 0 Å². The highest BCUT2D eigenvalue weighted by Crippen LogP contribution is 2.52. The first kappa shape index (κ1) is 22.4. The van der Waals surface area contributed by atoms with Crippen LogP contribution in [0.5, 0.6) is 5.75 Å². The highest BCUT2D eigenvalue weighted by Gasteiger charge is 2.63. The zero-order valence-corrected chi connectivity index (χ0v) is 19.9. The van der Waals surface area contributed by atoms with E-state index < -0.39 is 23.2 Å². The first-order chi connectivity index (χ1) is 16.4. The highest BCUT2D eigenvalue weighted by atomic mass is 19.1. The van der Waals surface area contributed by atoms with Crippen LogP contribution in [0.2, 0.25) is 0 Å². The number of aliphatic carboxylic acids is 1. The molecule has 6 fully saturated rings. The van der Waals surface area contributed by atoms with Crippen molar-refractivity contribution < 1.29 is 23.8 Å². The molecule has 0 radical (unpaired) electrons. The molecule has 6 heteroatoms. The Morgan fingerprint density at radius 1 is 1.06 bits per heavy atom. The number of hydrogen-bond donors (Lipinski definition) is 1. The molecule has 2 atom stereocenters. The lowest BCUT2D eigenvalue weighted by atomic mass is 9.67. The Balaban J connectivity index is 1.11. The molecular weight excluding hydrogens is 433 g/mol. The van der Waals surface area contributed by atoms with Crippen LogP contribution in [0, 0.1) is 29.5 Å². The SMILES string of the molecule is O=C(c1cc(C2CC2)c(OCCCC2CC3CCCC(C2)C3)cc1F)N1CC2CC1(C(=O)O)C2. The van der Waals surface area contributed by atoms with Crippen molar-refractivity contribution in [3.05, 3.63) is 29.1 Å². The molecule has 0 spiro atoms. The summed E-state index contributed by atoms with van der Waals surface area (Å²) in [5, 5.41) is 9.70. The minimum absolute atomic E-state index is 0.00355. The van der Waals surface area contributed by atoms with Gasteiger partial charge in [-0.3, -0.25) is 4.79 Å². The third-order valence-electron chi connectivity index (χ3n) is 9.44. The van der Waals surface area contributed by atoms with Crippen LogP contribution >= 0.6 is 0 Å². The predicted molar refractivity (Wildman–Crippen MR) is 125 cm³/mol. The Morgan fingerprint density at radius 3 is 2.47 bits per heavy atom. The minimum Gasteiger partial charge on any atom is -0.493 e. The summed E-state index contributed by atoms with van der Waals surface area (Å²) in [5.74, 6) is 1.69. The van der Waals surface area contributed by atoms with Crippen molar-refractivity contribution >= 4 is 11.9 Å². The van der Waals surface area contributed by atoms with Gasteiger partial charge in [0.25, 0.3) is 5.91 Å². The lowest BCUT2D eigenvalue weighted by Gasteiger charge is -2.39. The molecule has 1 amide bonds. The molecule has 7 rings (SSSR count). The molecule has 2 saturated heterocycles. The molecule has 6 aliphatic rings. The maximum Gasteiger partial charge on any atom is 0.329 e. The molecule has 2 unspecified atom stereocenters. The van der Waals surface area contributed by atoms with Crippen molar-refractivity contribution in [1.29, 1.82) is 0 Å². The summed E-state index contributed by atoms with van der Waals surface area (Å²) in [7, 11) is 0. The monoisotopic (exact) mass is 469 g/mol. The molecule has 184 valence electrons. The number of fused-ring (bicyclic) bond motifs is 3. The van der Waals surface area contributed by atoms with Crippen molar-refractivity contribution in [3.8, 4) is 5.75 Å². The largest absolute Gasteiger partial charge is 0.493 e. The van der Waals surface area contributed by atoms with Crippen LogP contribution in [0.15, 0.2) is 12.1 Å². The molecule has 0 aromatic heterocycles. The quantitative estimate of drug-likeness (QED) is 0.491. The van der Waals surface area contributed by atoms with Crippen LogP contribution in [0.3, 0.4) is 0 Å². The van der Waals surface area contributed by atoms with E-state index in [-0.39, 0.29) is 11.5 Å². The average Bonchev–Trinajstić information content (AvgIpc) is 3.44. The van der Waals surface area contributed by atoms with E-state index in [9.17, 15) is 14.7 Å². The van der Waals surface area contributed by atoms with Crippen molar-refractivity contribution in [2.24, 2.45) is 23.7 Å². The lowest BCUT2D eigenvalue weighted by Crippen LogP contribution is -2.54. The summed E-state index contributed by atoms with van der Waals surface area (Å²) in [6.07, 6.45) is 13.6. The van der Waals surface area contributed by atoms with Gasteiger partial charge in [-0.05, 0) is 99.0 Å². The number of rotatable bonds is 8. The van der Waals surface area contributed by atoms with Gasteiger partial charge in [0, 0.05) is 12.6 Å². The molecule has 34 heavy (non-hydrogen) atoms. The van der Waals surface area contributed by atoms with E-state index in [2.05, 4.69) is 0 Å². The number of benzene rings is 1. The van der Waals surface area contributed by atoms with Crippen LogP contribution in [-0.2, 0) is 4.79 Å². The molecule has 4 aliphatic carbocycles. The first-order valence-electron chi connectivity index (χ1n) is 13.4. The Kier molecular flexibility index (Phi) is 5.61. The fourth-order valence-corrected chi connectivity index (χ4v) is 7.62. The van der Waals surface area contributed by atoms with Gasteiger partial charge in [-0.2, -0.15) is 0 Å². The number of ether oxygens (including phenoxy) is 1. The summed E-state index contributed by atoms with van der Waals surface area (Å²) in [6, 6.07) is 3.03. The molecule has 2 heterocycles. The van der Waals surface area contributed by atoms with Gasteiger partial charge >= 0.3 is 5.97 Å². The Morgan fingerprint density at radius 2 is 1.79 bits per heavy atom. The summed E-state index contributed by atoms with van der Waals surface area (Å²) in [6.45, 7) is 0.985. The fourth-order valence-electron chi connectivity index (χ4n) is 7.62. The second-order valence-corrected chi connectivity index (χ2v) is 11.9. The molecule has 4 saturated carbocycles. The van der Waals surface area contributed by atoms with E-state index in [0.29, 0.717) is 37.7 Å². The maximum absolute atomic E-state index is 15.1. The van der Waals surface area contributed by atoms with E-state index >= 15 is 4.39 Å². The lowest BCUT2D eigenvalue weighted by molar-refractivity contribution is -0.151. The average molecular weight is 470 g/mol. The van der Waals surface area contributed by atoms with Gasteiger partial charge in [-0.1, -0.05) is 19.3 Å². The molecule has 1 aromatic rings. The fraction of sp³-hybridized carbons (Fsp3) is 0.714. The smallest absolute Gasteiger partial charge is 0.329 e. The molecule has 2 aliphatic heterocycles. The number of nitrogens with zero attached hydrogens (tertiary/aromatic N) is 1. The zero-order chi connectivity index (χ0) is 23.4. The number of carboxylic acid groups (broad SMARTS) is 1. The minimum atomic E-state index is -1.14. The van der Waals surface area contributed by atoms with Crippen molar-refractivity contribution in [3.63, 3.8) is 0 Å². The van der Waals surface area contributed by atoms with E-state index in [1.54, 1.807) is 6.07 Å². The number of carboxylic acids is 1. The summed E-state index contributed by atoms with van der Waals surface area (Å²) in [5.41, 5.74) is -0.232. The van der Waals surface area contributed by atoms with Gasteiger partial charge in [0.15, 0.2) is 0 Å². The molecule has 1 aromatic carbocycles. The summed E-state index contributed by atoms with van der Waals surface area (Å²) < 4.78 is 21.2. The maximum atomic E-state index is 15.1. The first-order valence-corrected chi connectivity index (χ1v) is 13.4. The molecule has 5 nitrogen and oxygen atoms in total.